The molecule has 0 heterocycles. The lowest BCUT2D eigenvalue weighted by atomic mass is 10.1. The van der Waals surface area contributed by atoms with Crippen molar-refractivity contribution in [2.45, 2.75) is 39.7 Å². The summed E-state index contributed by atoms with van der Waals surface area (Å²) in [4.78, 5) is 12.3. The maximum atomic E-state index is 12.3. The van der Waals surface area contributed by atoms with Gasteiger partial charge in [-0.15, -0.1) is 0 Å². The molecule has 0 aliphatic heterocycles. The van der Waals surface area contributed by atoms with Crippen LogP contribution in [0.5, 0.6) is 5.75 Å². The number of rotatable bonds is 10. The van der Waals surface area contributed by atoms with E-state index in [-0.39, 0.29) is 18.6 Å². The Balaban J connectivity index is 1.90. The number of hydrogen-bond acceptors (Lipinski definition) is 4. The number of carbonyl (C=O) groups is 1. The van der Waals surface area contributed by atoms with Crippen molar-refractivity contribution >= 4 is 21.6 Å². The maximum absolute atomic E-state index is 12.3. The van der Waals surface area contributed by atoms with Gasteiger partial charge in [0.1, 0.15) is 12.3 Å². The third-order valence-corrected chi connectivity index (χ3v) is 5.41. The van der Waals surface area contributed by atoms with E-state index in [1.54, 1.807) is 24.3 Å². The third-order valence-electron chi connectivity index (χ3n) is 4.27. The van der Waals surface area contributed by atoms with Crippen LogP contribution >= 0.6 is 0 Å². The van der Waals surface area contributed by atoms with Gasteiger partial charge >= 0.3 is 0 Å². The average Bonchev–Trinajstić information content (AvgIpc) is 2.64. The van der Waals surface area contributed by atoms with Crippen molar-refractivity contribution in [1.82, 2.24) is 5.32 Å². The van der Waals surface area contributed by atoms with E-state index >= 15 is 0 Å². The fraction of sp³-hybridized carbons (Fsp3) is 0.409. The highest BCUT2D eigenvalue weighted by Crippen LogP contribution is 2.22. The predicted molar refractivity (Wildman–Crippen MR) is 117 cm³/mol. The zero-order valence-corrected chi connectivity index (χ0v) is 18.3. The summed E-state index contributed by atoms with van der Waals surface area (Å²) in [6, 6.07) is 15.0. The molecule has 0 aliphatic carbocycles. The first-order chi connectivity index (χ1) is 13.6. The van der Waals surface area contributed by atoms with Crippen molar-refractivity contribution < 1.29 is 17.9 Å². The van der Waals surface area contributed by atoms with E-state index in [4.69, 9.17) is 4.74 Å². The van der Waals surface area contributed by atoms with Gasteiger partial charge < -0.3 is 10.1 Å². The molecular weight excluding hydrogens is 388 g/mol. The number of ether oxygens (including phenoxy) is 1. The lowest BCUT2D eigenvalue weighted by Crippen LogP contribution is -2.40. The van der Waals surface area contributed by atoms with Gasteiger partial charge in [-0.05, 0) is 63.4 Å². The molecule has 0 saturated carbocycles. The smallest absolute Gasteiger partial charge is 0.240 e. The van der Waals surface area contributed by atoms with Crippen LogP contribution in [0.15, 0.2) is 48.5 Å². The van der Waals surface area contributed by atoms with Crippen molar-refractivity contribution in [3.63, 3.8) is 0 Å². The highest BCUT2D eigenvalue weighted by molar-refractivity contribution is 7.92. The minimum Gasteiger partial charge on any atom is -0.491 e. The lowest BCUT2D eigenvalue weighted by Gasteiger charge is -2.22. The fourth-order valence-electron chi connectivity index (χ4n) is 2.82. The van der Waals surface area contributed by atoms with E-state index in [0.717, 1.165) is 23.4 Å². The first-order valence-electron chi connectivity index (χ1n) is 9.72. The van der Waals surface area contributed by atoms with E-state index in [1.807, 2.05) is 20.8 Å². The van der Waals surface area contributed by atoms with Crippen molar-refractivity contribution in [2.24, 2.45) is 0 Å². The molecule has 2 rings (SSSR count). The van der Waals surface area contributed by atoms with Gasteiger partial charge in [0.2, 0.25) is 15.9 Å². The standard InChI is InChI=1S/C22H30N2O4S/c1-17(2)28-21-13-11-20(12-14-21)24(29(4,26)27)16-22(25)23-15-5-6-19-9-7-18(3)8-10-19/h7-14,17H,5-6,15-16H2,1-4H3,(H,23,25). The fourth-order valence-corrected chi connectivity index (χ4v) is 3.68. The van der Waals surface area contributed by atoms with Gasteiger partial charge in [-0.3, -0.25) is 9.10 Å². The first-order valence-corrected chi connectivity index (χ1v) is 11.6. The molecule has 0 aromatic heterocycles. The number of benzene rings is 2. The molecule has 0 atom stereocenters. The van der Waals surface area contributed by atoms with Crippen molar-refractivity contribution in [3.8, 4) is 5.75 Å². The Labute approximate surface area is 173 Å². The molecule has 0 aliphatic rings. The van der Waals surface area contributed by atoms with Gasteiger partial charge in [-0.1, -0.05) is 29.8 Å². The monoisotopic (exact) mass is 418 g/mol. The number of carbonyl (C=O) groups excluding carboxylic acids is 1. The van der Waals surface area contributed by atoms with Crippen LogP contribution in [0.25, 0.3) is 0 Å². The molecule has 0 bridgehead atoms. The summed E-state index contributed by atoms with van der Waals surface area (Å²) >= 11 is 0. The Morgan fingerprint density at radius 3 is 2.24 bits per heavy atom. The van der Waals surface area contributed by atoms with Crippen molar-refractivity contribution in [1.29, 1.82) is 0 Å². The Hall–Kier alpha value is -2.54. The van der Waals surface area contributed by atoms with Crippen molar-refractivity contribution in [3.05, 3.63) is 59.7 Å². The Morgan fingerprint density at radius 2 is 1.69 bits per heavy atom. The summed E-state index contributed by atoms with van der Waals surface area (Å²) < 4.78 is 31.0. The molecule has 1 amide bonds. The molecule has 1 N–H and O–H groups in total. The highest BCUT2D eigenvalue weighted by Gasteiger charge is 2.20. The second-order valence-electron chi connectivity index (χ2n) is 7.37. The third kappa shape index (κ3) is 7.77. The van der Waals surface area contributed by atoms with E-state index in [2.05, 4.69) is 29.6 Å². The molecular formula is C22H30N2O4S. The maximum Gasteiger partial charge on any atom is 0.240 e. The summed E-state index contributed by atoms with van der Waals surface area (Å²) in [5.41, 5.74) is 2.86. The van der Waals surface area contributed by atoms with Crippen molar-refractivity contribution in [2.75, 3.05) is 23.7 Å². The van der Waals surface area contributed by atoms with Gasteiger partial charge in [0, 0.05) is 6.54 Å². The summed E-state index contributed by atoms with van der Waals surface area (Å²) in [5, 5.41) is 2.80. The van der Waals surface area contributed by atoms with Gasteiger partial charge in [0.05, 0.1) is 18.0 Å². The highest BCUT2D eigenvalue weighted by atomic mass is 32.2. The topological polar surface area (TPSA) is 75.7 Å². The summed E-state index contributed by atoms with van der Waals surface area (Å²) in [5.74, 6) is 0.319. The van der Waals surface area contributed by atoms with Crippen LogP contribution in [0.1, 0.15) is 31.4 Å². The number of anilines is 1. The van der Waals surface area contributed by atoms with E-state index < -0.39 is 10.0 Å². The van der Waals surface area contributed by atoms with E-state index in [9.17, 15) is 13.2 Å². The quantitative estimate of drug-likeness (QED) is 0.601. The van der Waals surface area contributed by atoms with Crippen LogP contribution in [-0.4, -0.2) is 39.8 Å². The summed E-state index contributed by atoms with van der Waals surface area (Å²) in [7, 11) is -3.59. The van der Waals surface area contributed by atoms with Crippen LogP contribution in [0, 0.1) is 6.92 Å². The molecule has 0 saturated heterocycles. The van der Waals surface area contributed by atoms with Gasteiger partial charge in [-0.25, -0.2) is 8.42 Å². The molecule has 2 aromatic rings. The van der Waals surface area contributed by atoms with Crippen LogP contribution in [-0.2, 0) is 21.2 Å². The van der Waals surface area contributed by atoms with E-state index in [1.165, 1.54) is 11.1 Å². The SMILES string of the molecule is Cc1ccc(CCCNC(=O)CN(c2ccc(OC(C)C)cc2)S(C)(=O)=O)cc1. The Kier molecular flexibility index (Phi) is 8.08. The molecule has 0 spiro atoms. The van der Waals surface area contributed by atoms with Crippen LogP contribution in [0.3, 0.4) is 0 Å². The van der Waals surface area contributed by atoms with Gasteiger partial charge in [-0.2, -0.15) is 0 Å². The predicted octanol–water partition coefficient (Wildman–Crippen LogP) is 3.30. The number of hydrogen-bond donors (Lipinski definition) is 1. The van der Waals surface area contributed by atoms with Crippen LogP contribution < -0.4 is 14.4 Å². The molecule has 6 nitrogen and oxygen atoms in total. The molecule has 0 radical (unpaired) electrons. The normalized spacial score (nSPS) is 11.3. The zero-order valence-electron chi connectivity index (χ0n) is 17.5. The number of sulfonamides is 1. The summed E-state index contributed by atoms with van der Waals surface area (Å²) in [6.45, 7) is 6.11. The minimum atomic E-state index is -3.59. The van der Waals surface area contributed by atoms with Crippen LogP contribution in [0.4, 0.5) is 5.69 Å². The summed E-state index contributed by atoms with van der Waals surface area (Å²) in [6.07, 6.45) is 2.76. The number of nitrogens with zero attached hydrogens (tertiary/aromatic N) is 1. The Morgan fingerprint density at radius 1 is 1.07 bits per heavy atom. The molecule has 2 aromatic carbocycles. The molecule has 29 heavy (non-hydrogen) atoms. The Bertz CT molecular complexity index is 891. The van der Waals surface area contributed by atoms with Gasteiger partial charge in [0.15, 0.2) is 0 Å². The number of nitrogens with one attached hydrogen (secondary N) is 1. The average molecular weight is 419 g/mol. The lowest BCUT2D eigenvalue weighted by molar-refractivity contribution is -0.119. The largest absolute Gasteiger partial charge is 0.491 e. The van der Waals surface area contributed by atoms with Crippen LogP contribution in [0.2, 0.25) is 0 Å². The van der Waals surface area contributed by atoms with E-state index in [0.29, 0.717) is 18.0 Å². The molecule has 0 fully saturated rings. The second kappa shape index (κ2) is 10.3. The minimum absolute atomic E-state index is 0.0255. The number of amides is 1. The molecule has 7 heteroatoms. The molecule has 158 valence electrons. The second-order valence-corrected chi connectivity index (χ2v) is 9.28. The molecule has 0 unspecified atom stereocenters. The zero-order chi connectivity index (χ0) is 21.4. The first kappa shape index (κ1) is 22.7. The number of aryl methyl sites for hydroxylation is 2. The van der Waals surface area contributed by atoms with Gasteiger partial charge in [0.25, 0.3) is 0 Å².